The Balaban J connectivity index is 3.35. The Bertz CT molecular complexity index is 550. The second-order valence-corrected chi connectivity index (χ2v) is 6.50. The third kappa shape index (κ3) is 3.24. The third-order valence-corrected chi connectivity index (χ3v) is 3.81. The SMILES string of the molecule is CC(C)(C)NS(=O)(=O)c1ccc(F)c(CO)c1F. The van der Waals surface area contributed by atoms with Crippen LogP contribution in [0, 0.1) is 11.6 Å². The average Bonchev–Trinajstić information content (AvgIpc) is 2.13. The van der Waals surface area contributed by atoms with Gasteiger partial charge >= 0.3 is 0 Å². The first-order chi connectivity index (χ1) is 8.08. The highest BCUT2D eigenvalue weighted by molar-refractivity contribution is 7.89. The molecule has 4 nitrogen and oxygen atoms in total. The number of sulfonamides is 1. The fourth-order valence-corrected chi connectivity index (χ4v) is 2.91. The number of aliphatic hydroxyl groups excluding tert-OH is 1. The van der Waals surface area contributed by atoms with Crippen LogP contribution < -0.4 is 4.72 Å². The van der Waals surface area contributed by atoms with Crippen molar-refractivity contribution in [1.29, 1.82) is 0 Å². The molecule has 0 aromatic heterocycles. The maximum Gasteiger partial charge on any atom is 0.243 e. The maximum atomic E-state index is 13.8. The Labute approximate surface area is 105 Å². The van der Waals surface area contributed by atoms with Crippen molar-refractivity contribution in [2.45, 2.75) is 37.8 Å². The minimum absolute atomic E-state index is 0.660. The second-order valence-electron chi connectivity index (χ2n) is 4.85. The van der Waals surface area contributed by atoms with Crippen LogP contribution in [0.5, 0.6) is 0 Å². The zero-order chi connectivity index (χ0) is 14.1. The molecular weight excluding hydrogens is 264 g/mol. The van der Waals surface area contributed by atoms with E-state index in [9.17, 15) is 17.2 Å². The molecule has 0 amide bonds. The summed E-state index contributed by atoms with van der Waals surface area (Å²) in [6.45, 7) is 3.88. The molecule has 0 bridgehead atoms. The van der Waals surface area contributed by atoms with E-state index in [0.717, 1.165) is 12.1 Å². The minimum Gasteiger partial charge on any atom is -0.391 e. The molecule has 1 aromatic rings. The maximum absolute atomic E-state index is 13.8. The van der Waals surface area contributed by atoms with Gasteiger partial charge in [0.25, 0.3) is 0 Å². The molecule has 1 aromatic carbocycles. The van der Waals surface area contributed by atoms with E-state index in [1.807, 2.05) is 0 Å². The van der Waals surface area contributed by atoms with Gasteiger partial charge in [0.05, 0.1) is 12.2 Å². The Morgan fingerprint density at radius 3 is 2.28 bits per heavy atom. The Hall–Kier alpha value is -1.05. The molecule has 0 fully saturated rings. The number of benzene rings is 1. The van der Waals surface area contributed by atoms with Gasteiger partial charge in [0.15, 0.2) is 5.82 Å². The first kappa shape index (κ1) is 15.0. The van der Waals surface area contributed by atoms with E-state index in [-0.39, 0.29) is 0 Å². The van der Waals surface area contributed by atoms with Crippen LogP contribution in [-0.4, -0.2) is 19.1 Å². The van der Waals surface area contributed by atoms with E-state index in [1.165, 1.54) is 0 Å². The molecule has 1 rings (SSSR count). The standard InChI is InChI=1S/C11H15F2NO3S/c1-11(2,3)14-18(16,17)9-5-4-8(12)7(6-15)10(9)13/h4-5,14-15H,6H2,1-3H3. The fourth-order valence-electron chi connectivity index (χ4n) is 1.39. The molecule has 0 saturated carbocycles. The van der Waals surface area contributed by atoms with Gasteiger partial charge in [-0.1, -0.05) is 0 Å². The van der Waals surface area contributed by atoms with Gasteiger partial charge in [-0.2, -0.15) is 0 Å². The minimum atomic E-state index is -4.10. The first-order valence-electron chi connectivity index (χ1n) is 5.20. The van der Waals surface area contributed by atoms with Crippen molar-refractivity contribution < 1.29 is 22.3 Å². The van der Waals surface area contributed by atoms with Crippen LogP contribution in [0.4, 0.5) is 8.78 Å². The van der Waals surface area contributed by atoms with Crippen LogP contribution in [0.2, 0.25) is 0 Å². The summed E-state index contributed by atoms with van der Waals surface area (Å²) >= 11 is 0. The van der Waals surface area contributed by atoms with E-state index < -0.39 is 44.3 Å². The van der Waals surface area contributed by atoms with E-state index in [4.69, 9.17) is 5.11 Å². The number of nitrogens with one attached hydrogen (secondary N) is 1. The van der Waals surface area contributed by atoms with Crippen LogP contribution >= 0.6 is 0 Å². The Morgan fingerprint density at radius 2 is 1.83 bits per heavy atom. The Kier molecular flexibility index (Phi) is 4.09. The lowest BCUT2D eigenvalue weighted by molar-refractivity contribution is 0.267. The molecule has 102 valence electrons. The van der Waals surface area contributed by atoms with E-state index in [1.54, 1.807) is 20.8 Å². The van der Waals surface area contributed by atoms with Gasteiger partial charge in [0, 0.05) is 5.54 Å². The predicted molar refractivity (Wildman–Crippen MR) is 62.4 cm³/mol. The van der Waals surface area contributed by atoms with Crippen LogP contribution in [-0.2, 0) is 16.6 Å². The molecule has 0 aliphatic heterocycles. The summed E-state index contributed by atoms with van der Waals surface area (Å²) < 4.78 is 53.0. The normalized spacial score (nSPS) is 12.8. The lowest BCUT2D eigenvalue weighted by Crippen LogP contribution is -2.40. The summed E-state index contributed by atoms with van der Waals surface area (Å²) in [7, 11) is -4.10. The number of hydrogen-bond donors (Lipinski definition) is 2. The molecule has 0 aliphatic carbocycles. The monoisotopic (exact) mass is 279 g/mol. The number of aliphatic hydroxyl groups is 1. The van der Waals surface area contributed by atoms with Crippen LogP contribution in [0.1, 0.15) is 26.3 Å². The summed E-state index contributed by atoms with van der Waals surface area (Å²) in [5, 5.41) is 8.83. The molecular formula is C11H15F2NO3S. The van der Waals surface area contributed by atoms with Crippen LogP contribution in [0.15, 0.2) is 17.0 Å². The van der Waals surface area contributed by atoms with Crippen molar-refractivity contribution in [1.82, 2.24) is 4.72 Å². The molecule has 0 unspecified atom stereocenters. The number of hydrogen-bond acceptors (Lipinski definition) is 3. The summed E-state index contributed by atoms with van der Waals surface area (Å²) in [6, 6.07) is 1.64. The molecule has 0 aliphatic rings. The average molecular weight is 279 g/mol. The van der Waals surface area contributed by atoms with Gasteiger partial charge in [-0.25, -0.2) is 21.9 Å². The smallest absolute Gasteiger partial charge is 0.243 e. The molecule has 18 heavy (non-hydrogen) atoms. The molecule has 0 saturated heterocycles. The zero-order valence-corrected chi connectivity index (χ0v) is 11.1. The largest absolute Gasteiger partial charge is 0.391 e. The van der Waals surface area contributed by atoms with Gasteiger partial charge in [-0.3, -0.25) is 0 Å². The van der Waals surface area contributed by atoms with Crippen molar-refractivity contribution in [3.05, 3.63) is 29.3 Å². The number of halogens is 2. The quantitative estimate of drug-likeness (QED) is 0.882. The van der Waals surface area contributed by atoms with Crippen molar-refractivity contribution in [3.8, 4) is 0 Å². The first-order valence-corrected chi connectivity index (χ1v) is 6.68. The highest BCUT2D eigenvalue weighted by Gasteiger charge is 2.27. The highest BCUT2D eigenvalue weighted by Crippen LogP contribution is 2.22. The predicted octanol–water partition coefficient (Wildman–Crippen LogP) is 1.53. The molecule has 0 heterocycles. The van der Waals surface area contributed by atoms with Gasteiger partial charge < -0.3 is 5.11 Å². The zero-order valence-electron chi connectivity index (χ0n) is 10.3. The van der Waals surface area contributed by atoms with Crippen molar-refractivity contribution >= 4 is 10.0 Å². The van der Waals surface area contributed by atoms with Gasteiger partial charge in [-0.05, 0) is 32.9 Å². The lowest BCUT2D eigenvalue weighted by Gasteiger charge is -2.21. The summed E-state index contributed by atoms with van der Waals surface area (Å²) in [5.41, 5.74) is -1.45. The van der Waals surface area contributed by atoms with E-state index >= 15 is 0 Å². The molecule has 0 radical (unpaired) electrons. The molecule has 0 spiro atoms. The summed E-state index contributed by atoms with van der Waals surface area (Å²) in [4.78, 5) is -0.678. The highest BCUT2D eigenvalue weighted by atomic mass is 32.2. The summed E-state index contributed by atoms with van der Waals surface area (Å²) in [5.74, 6) is -2.25. The molecule has 2 N–H and O–H groups in total. The van der Waals surface area contributed by atoms with Crippen LogP contribution in [0.3, 0.4) is 0 Å². The summed E-state index contributed by atoms with van der Waals surface area (Å²) in [6.07, 6.45) is 0. The Morgan fingerprint density at radius 1 is 1.28 bits per heavy atom. The van der Waals surface area contributed by atoms with Crippen molar-refractivity contribution in [2.24, 2.45) is 0 Å². The topological polar surface area (TPSA) is 66.4 Å². The number of rotatable bonds is 3. The van der Waals surface area contributed by atoms with Crippen molar-refractivity contribution in [2.75, 3.05) is 0 Å². The second kappa shape index (κ2) is 4.91. The van der Waals surface area contributed by atoms with Crippen LogP contribution in [0.25, 0.3) is 0 Å². The lowest BCUT2D eigenvalue weighted by atomic mass is 10.1. The van der Waals surface area contributed by atoms with E-state index in [2.05, 4.69) is 4.72 Å². The van der Waals surface area contributed by atoms with Gasteiger partial charge in [-0.15, -0.1) is 0 Å². The van der Waals surface area contributed by atoms with Gasteiger partial charge in [0.1, 0.15) is 10.7 Å². The van der Waals surface area contributed by atoms with Crippen molar-refractivity contribution in [3.63, 3.8) is 0 Å². The third-order valence-electron chi connectivity index (χ3n) is 2.04. The van der Waals surface area contributed by atoms with E-state index in [0.29, 0.717) is 0 Å². The van der Waals surface area contributed by atoms with Gasteiger partial charge in [0.2, 0.25) is 10.0 Å². The molecule has 7 heteroatoms. The molecule has 0 atom stereocenters. The fraction of sp³-hybridized carbons (Fsp3) is 0.455.